The summed E-state index contributed by atoms with van der Waals surface area (Å²) in [5.41, 5.74) is 5.63. The van der Waals surface area contributed by atoms with Crippen LogP contribution in [0, 0.1) is 0 Å². The molecule has 1 atom stereocenters. The average molecular weight is 115 g/mol. The van der Waals surface area contributed by atoms with Crippen molar-refractivity contribution in [2.45, 2.75) is 12.5 Å². The van der Waals surface area contributed by atoms with E-state index in [1.807, 2.05) is 0 Å². The maximum Gasteiger partial charge on any atom is 0.0454 e. The third-order valence-electron chi connectivity index (χ3n) is 1.35. The highest BCUT2D eigenvalue weighted by Gasteiger charge is 2.03. The molecular formula is C5H13N3. The van der Waals surface area contributed by atoms with Gasteiger partial charge < -0.3 is 16.4 Å². The molecule has 4 N–H and O–H groups in total. The predicted molar refractivity (Wildman–Crippen MR) is 33.5 cm³/mol. The van der Waals surface area contributed by atoms with Crippen molar-refractivity contribution in [2.24, 2.45) is 5.73 Å². The molecule has 0 bridgehead atoms. The largest absolute Gasteiger partial charge is 0.327 e. The number of rotatable bonds is 0. The van der Waals surface area contributed by atoms with Crippen LogP contribution in [0.1, 0.15) is 6.42 Å². The van der Waals surface area contributed by atoms with E-state index < -0.39 is 0 Å². The monoisotopic (exact) mass is 115 g/mol. The van der Waals surface area contributed by atoms with Crippen molar-refractivity contribution >= 4 is 0 Å². The Morgan fingerprint density at radius 2 is 2.25 bits per heavy atom. The van der Waals surface area contributed by atoms with Crippen molar-refractivity contribution in [3.05, 3.63) is 0 Å². The minimum Gasteiger partial charge on any atom is -0.327 e. The minimum atomic E-state index is 0.352. The zero-order chi connectivity index (χ0) is 5.82. The summed E-state index contributed by atoms with van der Waals surface area (Å²) < 4.78 is 0. The van der Waals surface area contributed by atoms with Gasteiger partial charge in [-0.2, -0.15) is 0 Å². The molecule has 8 heavy (non-hydrogen) atoms. The summed E-state index contributed by atoms with van der Waals surface area (Å²) in [6.07, 6.45) is 1.09. The van der Waals surface area contributed by atoms with Gasteiger partial charge >= 0.3 is 0 Å². The summed E-state index contributed by atoms with van der Waals surface area (Å²) in [7, 11) is 0. The number of hydrogen-bond acceptors (Lipinski definition) is 3. The molecule has 3 heteroatoms. The van der Waals surface area contributed by atoms with Crippen molar-refractivity contribution in [1.29, 1.82) is 0 Å². The van der Waals surface area contributed by atoms with E-state index in [9.17, 15) is 0 Å². The summed E-state index contributed by atoms with van der Waals surface area (Å²) >= 11 is 0. The molecule has 1 aliphatic heterocycles. The lowest BCUT2D eigenvalue weighted by molar-refractivity contribution is 0.611. The van der Waals surface area contributed by atoms with Crippen LogP contribution in [0.15, 0.2) is 0 Å². The average Bonchev–Trinajstić information content (AvgIpc) is 1.94. The molecule has 1 rings (SSSR count). The van der Waals surface area contributed by atoms with E-state index in [0.717, 1.165) is 26.2 Å². The van der Waals surface area contributed by atoms with Gasteiger partial charge in [0.2, 0.25) is 0 Å². The fourth-order valence-electron chi connectivity index (χ4n) is 0.824. The highest BCUT2D eigenvalue weighted by Crippen LogP contribution is 1.85. The van der Waals surface area contributed by atoms with Crippen molar-refractivity contribution in [2.75, 3.05) is 19.8 Å². The van der Waals surface area contributed by atoms with E-state index in [0.29, 0.717) is 6.04 Å². The van der Waals surface area contributed by atoms with Crippen LogP contribution in [0.25, 0.3) is 0 Å². The Morgan fingerprint density at radius 1 is 1.38 bits per heavy atom. The third kappa shape index (κ3) is 1.78. The normalized spacial score (nSPS) is 31.9. The summed E-state index contributed by atoms with van der Waals surface area (Å²) in [6, 6.07) is 0.352. The lowest BCUT2D eigenvalue weighted by Gasteiger charge is -2.03. The van der Waals surface area contributed by atoms with E-state index in [1.165, 1.54) is 0 Å². The fourth-order valence-corrected chi connectivity index (χ4v) is 0.824. The first-order chi connectivity index (χ1) is 3.89. The highest BCUT2D eigenvalue weighted by molar-refractivity contribution is 4.68. The molecule has 0 saturated carbocycles. The van der Waals surface area contributed by atoms with Gasteiger partial charge in [-0.3, -0.25) is 0 Å². The standard InChI is InChI=1S/C5H13N3/c6-5-1-2-7-4-8-3-5/h5,7-8H,1-4,6H2. The summed E-state index contributed by atoms with van der Waals surface area (Å²) in [5, 5.41) is 6.35. The molecule has 1 heterocycles. The minimum absolute atomic E-state index is 0.352. The van der Waals surface area contributed by atoms with Gasteiger partial charge in [-0.25, -0.2) is 0 Å². The van der Waals surface area contributed by atoms with Gasteiger partial charge in [0.1, 0.15) is 0 Å². The van der Waals surface area contributed by atoms with Gasteiger partial charge in [-0.1, -0.05) is 0 Å². The molecule has 1 saturated heterocycles. The van der Waals surface area contributed by atoms with Crippen LogP contribution in [-0.2, 0) is 0 Å². The van der Waals surface area contributed by atoms with Crippen LogP contribution in [0.5, 0.6) is 0 Å². The Hall–Kier alpha value is -0.120. The van der Waals surface area contributed by atoms with Crippen molar-refractivity contribution < 1.29 is 0 Å². The Kier molecular flexibility index (Phi) is 2.27. The third-order valence-corrected chi connectivity index (χ3v) is 1.35. The van der Waals surface area contributed by atoms with E-state index in [4.69, 9.17) is 5.73 Å². The van der Waals surface area contributed by atoms with Gasteiger partial charge in [-0.05, 0) is 13.0 Å². The van der Waals surface area contributed by atoms with Gasteiger partial charge in [0.25, 0.3) is 0 Å². The lowest BCUT2D eigenvalue weighted by atomic mass is 10.2. The maximum atomic E-state index is 5.63. The van der Waals surface area contributed by atoms with E-state index in [-0.39, 0.29) is 0 Å². The zero-order valence-corrected chi connectivity index (χ0v) is 4.98. The van der Waals surface area contributed by atoms with Gasteiger partial charge in [0.05, 0.1) is 0 Å². The van der Waals surface area contributed by atoms with Crippen molar-refractivity contribution in [3.8, 4) is 0 Å². The molecule has 1 unspecified atom stereocenters. The Balaban J connectivity index is 2.17. The Labute approximate surface area is 49.6 Å². The number of nitrogens with two attached hydrogens (primary N) is 1. The molecule has 0 aliphatic carbocycles. The van der Waals surface area contributed by atoms with Crippen LogP contribution in [0.2, 0.25) is 0 Å². The van der Waals surface area contributed by atoms with Crippen molar-refractivity contribution in [1.82, 2.24) is 10.6 Å². The second-order valence-corrected chi connectivity index (χ2v) is 2.18. The van der Waals surface area contributed by atoms with E-state index >= 15 is 0 Å². The summed E-state index contributed by atoms with van der Waals surface area (Å²) in [6.45, 7) is 2.91. The molecule has 1 aliphatic rings. The zero-order valence-electron chi connectivity index (χ0n) is 4.98. The van der Waals surface area contributed by atoms with Crippen LogP contribution in [0.4, 0.5) is 0 Å². The summed E-state index contributed by atoms with van der Waals surface area (Å²) in [5.74, 6) is 0. The molecule has 0 aromatic carbocycles. The summed E-state index contributed by atoms with van der Waals surface area (Å²) in [4.78, 5) is 0. The van der Waals surface area contributed by atoms with E-state index in [2.05, 4.69) is 10.6 Å². The number of nitrogens with one attached hydrogen (secondary N) is 2. The Bertz CT molecular complexity index is 56.7. The molecule has 0 radical (unpaired) electrons. The molecule has 0 aromatic heterocycles. The van der Waals surface area contributed by atoms with Crippen LogP contribution < -0.4 is 16.4 Å². The van der Waals surface area contributed by atoms with Gasteiger partial charge in [0.15, 0.2) is 0 Å². The molecule has 0 aromatic rings. The maximum absolute atomic E-state index is 5.63. The smallest absolute Gasteiger partial charge is 0.0454 e. The predicted octanol–water partition coefficient (Wildman–Crippen LogP) is -1.15. The highest BCUT2D eigenvalue weighted by atomic mass is 15.1. The molecule has 0 amide bonds. The molecule has 0 spiro atoms. The Morgan fingerprint density at radius 3 is 3.12 bits per heavy atom. The fraction of sp³-hybridized carbons (Fsp3) is 1.00. The molecular weight excluding hydrogens is 102 g/mol. The molecule has 48 valence electrons. The quantitative estimate of drug-likeness (QED) is 0.374. The van der Waals surface area contributed by atoms with Crippen LogP contribution >= 0.6 is 0 Å². The topological polar surface area (TPSA) is 50.1 Å². The SMILES string of the molecule is NC1CCNCNC1. The van der Waals surface area contributed by atoms with Crippen LogP contribution in [-0.4, -0.2) is 25.8 Å². The van der Waals surface area contributed by atoms with Gasteiger partial charge in [-0.15, -0.1) is 0 Å². The first-order valence-corrected chi connectivity index (χ1v) is 3.06. The number of hydrogen-bond donors (Lipinski definition) is 3. The van der Waals surface area contributed by atoms with Gasteiger partial charge in [0, 0.05) is 19.3 Å². The van der Waals surface area contributed by atoms with Crippen LogP contribution in [0.3, 0.4) is 0 Å². The van der Waals surface area contributed by atoms with Crippen molar-refractivity contribution in [3.63, 3.8) is 0 Å². The molecule has 1 fully saturated rings. The second-order valence-electron chi connectivity index (χ2n) is 2.18. The second kappa shape index (κ2) is 3.02. The first kappa shape index (κ1) is 6.01. The van der Waals surface area contributed by atoms with E-state index in [1.54, 1.807) is 0 Å². The molecule has 3 nitrogen and oxygen atoms in total. The lowest BCUT2D eigenvalue weighted by Crippen LogP contribution is -2.32. The first-order valence-electron chi connectivity index (χ1n) is 3.06.